The Labute approximate surface area is 67.0 Å². The molecule has 0 aliphatic heterocycles. The van der Waals surface area contributed by atoms with E-state index in [9.17, 15) is 0 Å². The van der Waals surface area contributed by atoms with Crippen LogP contribution in [-0.4, -0.2) is 4.57 Å². The van der Waals surface area contributed by atoms with Crippen molar-refractivity contribution in [2.24, 2.45) is 7.05 Å². The first-order chi connectivity index (χ1) is 5.20. The van der Waals surface area contributed by atoms with Crippen LogP contribution in [0.5, 0.6) is 0 Å². The normalized spacial score (nSPS) is 17.3. The highest BCUT2D eigenvalue weighted by Gasteiger charge is 2.26. The van der Waals surface area contributed by atoms with Crippen LogP contribution in [0.4, 0.5) is 5.69 Å². The summed E-state index contributed by atoms with van der Waals surface area (Å²) in [7, 11) is 2.10. The summed E-state index contributed by atoms with van der Waals surface area (Å²) in [4.78, 5) is 0. The molecule has 1 saturated carbocycles. The minimum atomic E-state index is 0.802. The van der Waals surface area contributed by atoms with E-state index in [0.717, 1.165) is 11.6 Å². The van der Waals surface area contributed by atoms with Crippen molar-refractivity contribution in [3.63, 3.8) is 0 Å². The van der Waals surface area contributed by atoms with Crippen LogP contribution in [-0.2, 0) is 7.05 Å². The summed E-state index contributed by atoms with van der Waals surface area (Å²) in [6.07, 6.45) is 2.69. The van der Waals surface area contributed by atoms with Crippen LogP contribution in [0.25, 0.3) is 0 Å². The van der Waals surface area contributed by atoms with Gasteiger partial charge in [0.05, 0.1) is 5.69 Å². The zero-order valence-corrected chi connectivity index (χ0v) is 7.09. The maximum atomic E-state index is 5.79. The third-order valence-electron chi connectivity index (χ3n) is 2.61. The van der Waals surface area contributed by atoms with Gasteiger partial charge >= 0.3 is 0 Å². The third-order valence-corrected chi connectivity index (χ3v) is 2.61. The molecule has 2 rings (SSSR count). The molecule has 0 aromatic carbocycles. The van der Waals surface area contributed by atoms with Gasteiger partial charge in [-0.25, -0.2) is 0 Å². The molecule has 0 radical (unpaired) electrons. The molecule has 1 fully saturated rings. The monoisotopic (exact) mass is 150 g/mol. The molecule has 0 unspecified atom stereocenters. The molecule has 2 heteroatoms. The fraction of sp³-hybridized carbons (Fsp3) is 0.556. The molecule has 1 aromatic rings. The lowest BCUT2D eigenvalue weighted by molar-refractivity contribution is 0.802. The smallest absolute Gasteiger partial charge is 0.0526 e. The maximum absolute atomic E-state index is 5.79. The van der Waals surface area contributed by atoms with Crippen molar-refractivity contribution < 1.29 is 0 Å². The van der Waals surface area contributed by atoms with Crippen molar-refractivity contribution in [3.05, 3.63) is 17.5 Å². The van der Waals surface area contributed by atoms with E-state index in [1.165, 1.54) is 24.2 Å². The van der Waals surface area contributed by atoms with E-state index in [4.69, 9.17) is 5.73 Å². The molecule has 2 N–H and O–H groups in total. The van der Waals surface area contributed by atoms with Gasteiger partial charge in [0.2, 0.25) is 0 Å². The molecule has 0 bridgehead atoms. The fourth-order valence-electron chi connectivity index (χ4n) is 1.52. The Morgan fingerprint density at radius 2 is 2.18 bits per heavy atom. The van der Waals surface area contributed by atoms with E-state index in [2.05, 4.69) is 24.6 Å². The SMILES string of the molecule is Cc1c(N)cc(C2CC2)n1C. The van der Waals surface area contributed by atoms with Gasteiger partial charge in [-0.15, -0.1) is 0 Å². The Kier molecular flexibility index (Phi) is 1.25. The van der Waals surface area contributed by atoms with Crippen LogP contribution in [0.15, 0.2) is 6.07 Å². The van der Waals surface area contributed by atoms with Gasteiger partial charge in [0.15, 0.2) is 0 Å². The van der Waals surface area contributed by atoms with E-state index < -0.39 is 0 Å². The minimum absolute atomic E-state index is 0.802. The summed E-state index contributed by atoms with van der Waals surface area (Å²) in [6.45, 7) is 2.07. The first-order valence-corrected chi connectivity index (χ1v) is 4.12. The number of nitrogen functional groups attached to an aromatic ring is 1. The van der Waals surface area contributed by atoms with Crippen LogP contribution < -0.4 is 5.73 Å². The molecule has 0 saturated heterocycles. The van der Waals surface area contributed by atoms with Crippen LogP contribution in [0.3, 0.4) is 0 Å². The minimum Gasteiger partial charge on any atom is -0.397 e. The molecule has 1 aliphatic carbocycles. The van der Waals surface area contributed by atoms with Gasteiger partial charge in [-0.3, -0.25) is 0 Å². The van der Waals surface area contributed by atoms with Gasteiger partial charge in [-0.2, -0.15) is 0 Å². The molecule has 0 spiro atoms. The van der Waals surface area contributed by atoms with Crippen LogP contribution in [0.2, 0.25) is 0 Å². The largest absolute Gasteiger partial charge is 0.397 e. The van der Waals surface area contributed by atoms with Crippen molar-refractivity contribution in [1.29, 1.82) is 0 Å². The lowest BCUT2D eigenvalue weighted by Crippen LogP contribution is -1.96. The quantitative estimate of drug-likeness (QED) is 0.650. The number of hydrogen-bond acceptors (Lipinski definition) is 1. The van der Waals surface area contributed by atoms with Crippen molar-refractivity contribution in [2.75, 3.05) is 5.73 Å². The molecule has 0 atom stereocenters. The third kappa shape index (κ3) is 0.934. The summed E-state index contributed by atoms with van der Waals surface area (Å²) in [5.74, 6) is 0.802. The fourth-order valence-corrected chi connectivity index (χ4v) is 1.52. The lowest BCUT2D eigenvalue weighted by atomic mass is 10.3. The Bertz CT molecular complexity index is 282. The van der Waals surface area contributed by atoms with E-state index in [1.54, 1.807) is 0 Å². The second-order valence-corrected chi connectivity index (χ2v) is 3.44. The highest BCUT2D eigenvalue weighted by atomic mass is 15.0. The average molecular weight is 150 g/mol. The van der Waals surface area contributed by atoms with E-state index in [0.29, 0.717) is 0 Å². The number of nitrogens with zero attached hydrogens (tertiary/aromatic N) is 1. The Balaban J connectivity index is 2.46. The number of nitrogens with two attached hydrogens (primary N) is 1. The Hall–Kier alpha value is -0.920. The molecular weight excluding hydrogens is 136 g/mol. The van der Waals surface area contributed by atoms with E-state index in [1.807, 2.05) is 0 Å². The molecule has 11 heavy (non-hydrogen) atoms. The van der Waals surface area contributed by atoms with Crippen molar-refractivity contribution in [3.8, 4) is 0 Å². The molecule has 1 aliphatic rings. The molecule has 1 aromatic heterocycles. The summed E-state index contributed by atoms with van der Waals surface area (Å²) < 4.78 is 2.22. The highest BCUT2D eigenvalue weighted by molar-refractivity contribution is 5.47. The number of hydrogen-bond donors (Lipinski definition) is 1. The molecule has 60 valence electrons. The zero-order valence-electron chi connectivity index (χ0n) is 7.09. The predicted molar refractivity (Wildman–Crippen MR) is 46.5 cm³/mol. The van der Waals surface area contributed by atoms with Crippen LogP contribution >= 0.6 is 0 Å². The second-order valence-electron chi connectivity index (χ2n) is 3.44. The zero-order chi connectivity index (χ0) is 8.01. The van der Waals surface area contributed by atoms with Crippen molar-refractivity contribution in [1.82, 2.24) is 4.57 Å². The van der Waals surface area contributed by atoms with Gasteiger partial charge in [0.1, 0.15) is 0 Å². The van der Waals surface area contributed by atoms with Gasteiger partial charge in [0, 0.05) is 18.4 Å². The predicted octanol–water partition coefficient (Wildman–Crippen LogP) is 1.79. The van der Waals surface area contributed by atoms with Gasteiger partial charge in [-0.1, -0.05) is 0 Å². The summed E-state index contributed by atoms with van der Waals surface area (Å²) in [5, 5.41) is 0. The molecule has 1 heterocycles. The second kappa shape index (κ2) is 2.03. The Morgan fingerprint density at radius 3 is 2.55 bits per heavy atom. The van der Waals surface area contributed by atoms with Gasteiger partial charge in [0.25, 0.3) is 0 Å². The first kappa shape index (κ1) is 6.77. The van der Waals surface area contributed by atoms with Crippen LogP contribution in [0, 0.1) is 6.92 Å². The van der Waals surface area contributed by atoms with E-state index in [-0.39, 0.29) is 0 Å². The Morgan fingerprint density at radius 1 is 1.55 bits per heavy atom. The van der Waals surface area contributed by atoms with Gasteiger partial charge < -0.3 is 10.3 Å². The topological polar surface area (TPSA) is 30.9 Å². The molecule has 0 amide bonds. The highest BCUT2D eigenvalue weighted by Crippen LogP contribution is 2.41. The standard InChI is InChI=1S/C9H14N2/c1-6-8(10)5-9(11(6)2)7-3-4-7/h5,7H,3-4,10H2,1-2H3. The maximum Gasteiger partial charge on any atom is 0.0526 e. The summed E-state index contributed by atoms with van der Waals surface area (Å²) in [5.41, 5.74) is 9.34. The van der Waals surface area contributed by atoms with Gasteiger partial charge in [-0.05, 0) is 31.7 Å². The van der Waals surface area contributed by atoms with E-state index >= 15 is 0 Å². The number of rotatable bonds is 1. The van der Waals surface area contributed by atoms with Crippen molar-refractivity contribution >= 4 is 5.69 Å². The first-order valence-electron chi connectivity index (χ1n) is 4.12. The van der Waals surface area contributed by atoms with Crippen LogP contribution in [0.1, 0.15) is 30.1 Å². The lowest BCUT2D eigenvalue weighted by Gasteiger charge is -2.01. The molecule has 2 nitrogen and oxygen atoms in total. The molecular formula is C9H14N2. The average Bonchev–Trinajstić information content (AvgIpc) is 2.76. The number of aromatic nitrogens is 1. The summed E-state index contributed by atoms with van der Waals surface area (Å²) in [6, 6.07) is 2.12. The van der Waals surface area contributed by atoms with Crippen molar-refractivity contribution in [2.45, 2.75) is 25.7 Å². The summed E-state index contributed by atoms with van der Waals surface area (Å²) >= 11 is 0. The number of anilines is 1.